The molecule has 1 saturated carbocycles. The van der Waals surface area contributed by atoms with Gasteiger partial charge in [-0.15, -0.1) is 11.8 Å². The van der Waals surface area contributed by atoms with Gasteiger partial charge in [0.2, 0.25) is 5.91 Å². The smallest absolute Gasteiger partial charge is 0.233 e. The first-order valence-corrected chi connectivity index (χ1v) is 7.85. The summed E-state index contributed by atoms with van der Waals surface area (Å²) in [5.41, 5.74) is 5.72. The molecular formula is C12H20N2OS2. The van der Waals surface area contributed by atoms with Crippen molar-refractivity contribution in [3.05, 3.63) is 0 Å². The molecule has 5 heteroatoms. The summed E-state index contributed by atoms with van der Waals surface area (Å²) in [5.74, 6) is 1.52. The van der Waals surface area contributed by atoms with Crippen LogP contribution in [0.3, 0.4) is 0 Å². The van der Waals surface area contributed by atoms with Gasteiger partial charge in [0.1, 0.15) is 0 Å². The van der Waals surface area contributed by atoms with Crippen LogP contribution in [0.5, 0.6) is 0 Å². The van der Waals surface area contributed by atoms with Gasteiger partial charge in [-0.2, -0.15) is 0 Å². The maximum atomic E-state index is 12.1. The summed E-state index contributed by atoms with van der Waals surface area (Å²) in [6.45, 7) is 0. The number of hydrogen-bond acceptors (Lipinski definition) is 3. The van der Waals surface area contributed by atoms with E-state index >= 15 is 0 Å². The second-order valence-corrected chi connectivity index (χ2v) is 6.69. The first kappa shape index (κ1) is 13.1. The van der Waals surface area contributed by atoms with Crippen LogP contribution in [0.1, 0.15) is 38.5 Å². The van der Waals surface area contributed by atoms with Crippen molar-refractivity contribution in [3.63, 3.8) is 0 Å². The summed E-state index contributed by atoms with van der Waals surface area (Å²) < 4.78 is 0. The Morgan fingerprint density at radius 1 is 1.24 bits per heavy atom. The SMILES string of the molecule is NC(=S)C1CCCC1NC(=O)C1CCCCS1. The Kier molecular flexibility index (Phi) is 4.68. The molecule has 1 amide bonds. The average molecular weight is 272 g/mol. The van der Waals surface area contributed by atoms with Gasteiger partial charge < -0.3 is 11.1 Å². The molecule has 0 aromatic heterocycles. The molecule has 1 aliphatic carbocycles. The van der Waals surface area contributed by atoms with Gasteiger partial charge in [-0.25, -0.2) is 0 Å². The lowest BCUT2D eigenvalue weighted by atomic mass is 10.0. The van der Waals surface area contributed by atoms with Crippen LogP contribution in [-0.4, -0.2) is 27.9 Å². The molecule has 17 heavy (non-hydrogen) atoms. The number of thioether (sulfide) groups is 1. The molecule has 3 nitrogen and oxygen atoms in total. The minimum absolute atomic E-state index is 0.149. The Balaban J connectivity index is 1.86. The molecular weight excluding hydrogens is 252 g/mol. The zero-order valence-corrected chi connectivity index (χ0v) is 11.6. The van der Waals surface area contributed by atoms with E-state index < -0.39 is 0 Å². The van der Waals surface area contributed by atoms with Crippen LogP contribution in [0.15, 0.2) is 0 Å². The Bertz CT molecular complexity index is 303. The Labute approximate surface area is 112 Å². The largest absolute Gasteiger partial charge is 0.393 e. The highest BCUT2D eigenvalue weighted by molar-refractivity contribution is 8.00. The van der Waals surface area contributed by atoms with Crippen molar-refractivity contribution >= 4 is 34.9 Å². The van der Waals surface area contributed by atoms with Gasteiger partial charge in [0.25, 0.3) is 0 Å². The maximum absolute atomic E-state index is 12.1. The highest BCUT2D eigenvalue weighted by Gasteiger charge is 2.32. The molecule has 96 valence electrons. The average Bonchev–Trinajstić information content (AvgIpc) is 2.78. The highest BCUT2D eigenvalue weighted by Crippen LogP contribution is 2.28. The minimum atomic E-state index is 0.149. The predicted octanol–water partition coefficient (Wildman–Crippen LogP) is 1.84. The molecule has 0 aromatic rings. The second kappa shape index (κ2) is 6.05. The van der Waals surface area contributed by atoms with Crippen LogP contribution >= 0.6 is 24.0 Å². The third kappa shape index (κ3) is 3.35. The van der Waals surface area contributed by atoms with Gasteiger partial charge in [-0.3, -0.25) is 4.79 Å². The summed E-state index contributed by atoms with van der Waals surface area (Å²) in [6, 6.07) is 0.183. The van der Waals surface area contributed by atoms with Crippen LogP contribution in [-0.2, 0) is 4.79 Å². The lowest BCUT2D eigenvalue weighted by Crippen LogP contribution is -2.45. The third-order valence-electron chi connectivity index (χ3n) is 3.68. The molecule has 2 aliphatic rings. The van der Waals surface area contributed by atoms with E-state index in [4.69, 9.17) is 18.0 Å². The van der Waals surface area contributed by atoms with Gasteiger partial charge in [-0.05, 0) is 31.4 Å². The standard InChI is InChI=1S/C12H20N2OS2/c13-11(16)8-4-3-5-9(8)14-12(15)10-6-1-2-7-17-10/h8-10H,1-7H2,(H2,13,16)(H,14,15). The van der Waals surface area contributed by atoms with Crippen molar-refractivity contribution in [2.24, 2.45) is 11.7 Å². The van der Waals surface area contributed by atoms with Crippen molar-refractivity contribution in [3.8, 4) is 0 Å². The minimum Gasteiger partial charge on any atom is -0.393 e. The van der Waals surface area contributed by atoms with Gasteiger partial charge in [0.05, 0.1) is 10.2 Å². The van der Waals surface area contributed by atoms with E-state index in [1.54, 1.807) is 11.8 Å². The first-order chi connectivity index (χ1) is 8.18. The summed E-state index contributed by atoms with van der Waals surface area (Å²) in [5, 5.41) is 3.30. The molecule has 1 aliphatic heterocycles. The number of carbonyl (C=O) groups is 1. The van der Waals surface area contributed by atoms with E-state index in [-0.39, 0.29) is 23.1 Å². The molecule has 3 N–H and O–H groups in total. The fraction of sp³-hybridized carbons (Fsp3) is 0.833. The Morgan fingerprint density at radius 3 is 2.71 bits per heavy atom. The molecule has 0 aromatic carbocycles. The quantitative estimate of drug-likeness (QED) is 0.770. The van der Waals surface area contributed by atoms with Crippen LogP contribution in [0, 0.1) is 5.92 Å². The van der Waals surface area contributed by atoms with Crippen molar-refractivity contribution < 1.29 is 4.79 Å². The number of amides is 1. The number of thiocarbonyl (C=S) groups is 1. The predicted molar refractivity (Wildman–Crippen MR) is 76.2 cm³/mol. The fourth-order valence-corrected chi connectivity index (χ4v) is 4.19. The van der Waals surface area contributed by atoms with Crippen molar-refractivity contribution in [2.75, 3.05) is 5.75 Å². The summed E-state index contributed by atoms with van der Waals surface area (Å²) in [6.07, 6.45) is 6.59. The molecule has 3 unspecified atom stereocenters. The molecule has 2 rings (SSSR count). The number of nitrogens with two attached hydrogens (primary N) is 1. The maximum Gasteiger partial charge on any atom is 0.233 e. The summed E-state index contributed by atoms with van der Waals surface area (Å²) >= 11 is 6.85. The normalized spacial score (nSPS) is 33.3. The van der Waals surface area contributed by atoms with E-state index in [2.05, 4.69) is 5.32 Å². The lowest BCUT2D eigenvalue weighted by Gasteiger charge is -2.25. The van der Waals surface area contributed by atoms with E-state index in [1.807, 2.05) is 0 Å². The van der Waals surface area contributed by atoms with E-state index in [0.717, 1.165) is 31.4 Å². The van der Waals surface area contributed by atoms with Crippen molar-refractivity contribution in [1.29, 1.82) is 0 Å². The Hall–Kier alpha value is -0.290. The highest BCUT2D eigenvalue weighted by atomic mass is 32.2. The van der Waals surface area contributed by atoms with Gasteiger partial charge in [0, 0.05) is 12.0 Å². The molecule has 0 spiro atoms. The second-order valence-electron chi connectivity index (χ2n) is 4.91. The molecule has 2 fully saturated rings. The van der Waals surface area contributed by atoms with E-state index in [1.165, 1.54) is 12.8 Å². The van der Waals surface area contributed by atoms with Crippen molar-refractivity contribution in [1.82, 2.24) is 5.32 Å². The third-order valence-corrected chi connectivity index (χ3v) is 5.36. The van der Waals surface area contributed by atoms with Gasteiger partial charge >= 0.3 is 0 Å². The molecule has 1 heterocycles. The summed E-state index contributed by atoms with van der Waals surface area (Å²) in [7, 11) is 0. The topological polar surface area (TPSA) is 55.1 Å². The fourth-order valence-electron chi connectivity index (χ4n) is 2.70. The molecule has 3 atom stereocenters. The monoisotopic (exact) mass is 272 g/mol. The van der Waals surface area contributed by atoms with E-state index in [9.17, 15) is 4.79 Å². The Morgan fingerprint density at radius 2 is 2.06 bits per heavy atom. The molecule has 0 bridgehead atoms. The molecule has 1 saturated heterocycles. The zero-order valence-electron chi connectivity index (χ0n) is 9.98. The van der Waals surface area contributed by atoms with Crippen LogP contribution in [0.4, 0.5) is 0 Å². The van der Waals surface area contributed by atoms with Gasteiger partial charge in [-0.1, -0.05) is 25.1 Å². The molecule has 0 radical (unpaired) electrons. The van der Waals surface area contributed by atoms with Crippen LogP contribution in [0.2, 0.25) is 0 Å². The zero-order chi connectivity index (χ0) is 12.3. The van der Waals surface area contributed by atoms with Crippen LogP contribution < -0.4 is 11.1 Å². The lowest BCUT2D eigenvalue weighted by molar-refractivity contribution is -0.121. The number of carbonyl (C=O) groups excluding carboxylic acids is 1. The van der Waals surface area contributed by atoms with E-state index in [0.29, 0.717) is 4.99 Å². The van der Waals surface area contributed by atoms with Gasteiger partial charge in [0.15, 0.2) is 0 Å². The van der Waals surface area contributed by atoms with Crippen molar-refractivity contribution in [2.45, 2.75) is 49.8 Å². The number of hydrogen-bond donors (Lipinski definition) is 2. The number of nitrogens with one attached hydrogen (secondary N) is 1. The van der Waals surface area contributed by atoms with Crippen LogP contribution in [0.25, 0.3) is 0 Å². The first-order valence-electron chi connectivity index (χ1n) is 6.40. The summed E-state index contributed by atoms with van der Waals surface area (Å²) in [4.78, 5) is 12.7. The number of rotatable bonds is 3.